The van der Waals surface area contributed by atoms with Crippen molar-refractivity contribution in [1.82, 2.24) is 23.9 Å². The maximum Gasteiger partial charge on any atom is 0.232 e. The number of fused-ring (bicyclic) bond motifs is 7. The summed E-state index contributed by atoms with van der Waals surface area (Å²) < 4.78 is 10.7. The Morgan fingerprint density at radius 2 is 1.16 bits per heavy atom. The number of furan rings is 1. The van der Waals surface area contributed by atoms with Gasteiger partial charge in [0.2, 0.25) is 11.5 Å². The van der Waals surface area contributed by atoms with Gasteiger partial charge in [0, 0.05) is 22.1 Å². The van der Waals surface area contributed by atoms with E-state index in [4.69, 9.17) is 19.4 Å². The first-order chi connectivity index (χ1) is 21.3. The van der Waals surface area contributed by atoms with Gasteiger partial charge in [-0.2, -0.15) is 0 Å². The number of benzene rings is 5. The summed E-state index contributed by atoms with van der Waals surface area (Å²) in [5, 5.41) is 1.05. The molecule has 9 aromatic rings. The monoisotopic (exact) mass is 553 g/mol. The van der Waals surface area contributed by atoms with Crippen LogP contribution in [0.25, 0.3) is 78.6 Å². The number of hydrogen-bond acceptors (Lipinski definition) is 4. The van der Waals surface area contributed by atoms with Crippen molar-refractivity contribution in [3.05, 3.63) is 140 Å². The smallest absolute Gasteiger partial charge is 0.232 e. The Bertz CT molecular complexity index is 2380. The van der Waals surface area contributed by atoms with E-state index < -0.39 is 0 Å². The number of imidazole rings is 2. The minimum atomic E-state index is 0.657. The number of aromatic nitrogens is 5. The molecular formula is C37H23N5O. The van der Waals surface area contributed by atoms with E-state index in [9.17, 15) is 0 Å². The third kappa shape index (κ3) is 3.70. The molecule has 6 nitrogen and oxygen atoms in total. The first kappa shape index (κ1) is 23.7. The number of para-hydroxylation sites is 2. The fraction of sp³-hybridized carbons (Fsp3) is 0. The SMILES string of the molecule is c1ccc(-c2cc(-c3ccccc3)nc(-c3ccc4c(c3)nc3n(-c5ccccc5)c5oc6ccccc6c5n43)n2)cc1. The van der Waals surface area contributed by atoms with Crippen molar-refractivity contribution in [2.75, 3.05) is 0 Å². The van der Waals surface area contributed by atoms with Gasteiger partial charge < -0.3 is 4.42 Å². The molecule has 43 heavy (non-hydrogen) atoms. The molecule has 0 N–H and O–H groups in total. The van der Waals surface area contributed by atoms with Crippen molar-refractivity contribution in [3.8, 4) is 39.6 Å². The van der Waals surface area contributed by atoms with Crippen LogP contribution < -0.4 is 0 Å². The van der Waals surface area contributed by atoms with E-state index in [1.54, 1.807) is 0 Å². The first-order valence-electron chi connectivity index (χ1n) is 14.2. The summed E-state index contributed by atoms with van der Waals surface area (Å²) >= 11 is 0. The van der Waals surface area contributed by atoms with Gasteiger partial charge in [-0.3, -0.25) is 4.40 Å². The molecule has 0 bridgehead atoms. The third-order valence-electron chi connectivity index (χ3n) is 7.95. The summed E-state index contributed by atoms with van der Waals surface area (Å²) in [5.74, 6) is 1.45. The highest BCUT2D eigenvalue weighted by molar-refractivity contribution is 6.06. The Balaban J connectivity index is 1.30. The highest BCUT2D eigenvalue weighted by atomic mass is 16.3. The molecule has 6 heteroatoms. The van der Waals surface area contributed by atoms with Crippen LogP contribution >= 0.6 is 0 Å². The second kappa shape index (κ2) is 9.26. The van der Waals surface area contributed by atoms with Gasteiger partial charge in [-0.15, -0.1) is 0 Å². The molecule has 0 unspecified atom stereocenters. The molecule has 4 aromatic heterocycles. The zero-order valence-corrected chi connectivity index (χ0v) is 22.9. The molecule has 202 valence electrons. The van der Waals surface area contributed by atoms with E-state index in [1.807, 2.05) is 72.8 Å². The molecule has 9 rings (SSSR count). The lowest BCUT2D eigenvalue weighted by molar-refractivity contribution is 0.645. The van der Waals surface area contributed by atoms with Gasteiger partial charge in [-0.25, -0.2) is 19.5 Å². The van der Waals surface area contributed by atoms with Crippen LogP contribution in [0.1, 0.15) is 0 Å². The van der Waals surface area contributed by atoms with Crippen LogP contribution in [0.5, 0.6) is 0 Å². The summed E-state index contributed by atoms with van der Waals surface area (Å²) in [6.07, 6.45) is 0. The lowest BCUT2D eigenvalue weighted by Crippen LogP contribution is -1.96. The van der Waals surface area contributed by atoms with Gasteiger partial charge >= 0.3 is 0 Å². The number of nitrogens with zero attached hydrogens (tertiary/aromatic N) is 5. The minimum absolute atomic E-state index is 0.657. The molecule has 0 saturated carbocycles. The second-order valence-electron chi connectivity index (χ2n) is 10.6. The molecule has 0 saturated heterocycles. The first-order valence-corrected chi connectivity index (χ1v) is 14.2. The predicted molar refractivity (Wildman–Crippen MR) is 171 cm³/mol. The number of rotatable bonds is 4. The van der Waals surface area contributed by atoms with Crippen LogP contribution in [0, 0.1) is 0 Å². The molecule has 0 fully saturated rings. The van der Waals surface area contributed by atoms with Crippen LogP contribution in [0.2, 0.25) is 0 Å². The van der Waals surface area contributed by atoms with E-state index in [1.165, 1.54) is 0 Å². The summed E-state index contributed by atoms with van der Waals surface area (Å²) in [7, 11) is 0. The van der Waals surface area contributed by atoms with Crippen LogP contribution in [-0.4, -0.2) is 23.9 Å². The summed E-state index contributed by atoms with van der Waals surface area (Å²) in [6.45, 7) is 0. The average Bonchev–Trinajstić information content (AvgIpc) is 3.72. The van der Waals surface area contributed by atoms with E-state index in [0.29, 0.717) is 5.82 Å². The van der Waals surface area contributed by atoms with E-state index in [2.05, 4.69) is 75.7 Å². The molecule has 0 spiro atoms. The lowest BCUT2D eigenvalue weighted by atomic mass is 10.1. The van der Waals surface area contributed by atoms with Gasteiger partial charge in [0.1, 0.15) is 11.1 Å². The average molecular weight is 554 g/mol. The molecule has 4 heterocycles. The van der Waals surface area contributed by atoms with Crippen molar-refractivity contribution in [2.45, 2.75) is 0 Å². The lowest BCUT2D eigenvalue weighted by Gasteiger charge is -2.09. The van der Waals surface area contributed by atoms with Gasteiger partial charge in [0.25, 0.3) is 0 Å². The Labute approximate surface area is 246 Å². The Morgan fingerprint density at radius 1 is 0.535 bits per heavy atom. The zero-order chi connectivity index (χ0) is 28.3. The number of hydrogen-bond donors (Lipinski definition) is 0. The zero-order valence-electron chi connectivity index (χ0n) is 22.9. The Morgan fingerprint density at radius 3 is 1.86 bits per heavy atom. The van der Waals surface area contributed by atoms with Crippen molar-refractivity contribution in [1.29, 1.82) is 0 Å². The van der Waals surface area contributed by atoms with Crippen molar-refractivity contribution in [2.24, 2.45) is 0 Å². The minimum Gasteiger partial charge on any atom is -0.437 e. The van der Waals surface area contributed by atoms with Crippen molar-refractivity contribution < 1.29 is 4.42 Å². The molecule has 0 aliphatic carbocycles. The normalized spacial score (nSPS) is 11.7. The maximum atomic E-state index is 6.42. The van der Waals surface area contributed by atoms with E-state index in [0.717, 1.165) is 72.8 Å². The summed E-state index contributed by atoms with van der Waals surface area (Å²) in [5.41, 5.74) is 10.2. The van der Waals surface area contributed by atoms with Crippen LogP contribution in [0.4, 0.5) is 0 Å². The molecule has 0 aliphatic heterocycles. The second-order valence-corrected chi connectivity index (χ2v) is 10.6. The predicted octanol–water partition coefficient (Wildman–Crippen LogP) is 8.97. The molecular weight excluding hydrogens is 530 g/mol. The van der Waals surface area contributed by atoms with E-state index in [-0.39, 0.29) is 0 Å². The molecule has 0 atom stereocenters. The van der Waals surface area contributed by atoms with Gasteiger partial charge in [-0.05, 0) is 48.5 Å². The quantitative estimate of drug-likeness (QED) is 0.218. The van der Waals surface area contributed by atoms with Crippen LogP contribution in [0.15, 0.2) is 144 Å². The Hall–Kier alpha value is -6.01. The van der Waals surface area contributed by atoms with E-state index >= 15 is 0 Å². The topological polar surface area (TPSA) is 61.2 Å². The van der Waals surface area contributed by atoms with Crippen LogP contribution in [0.3, 0.4) is 0 Å². The molecule has 0 amide bonds. The van der Waals surface area contributed by atoms with Gasteiger partial charge in [-0.1, -0.05) is 91.0 Å². The Kier molecular flexibility index (Phi) is 5.10. The highest BCUT2D eigenvalue weighted by Gasteiger charge is 2.23. The summed E-state index contributed by atoms with van der Waals surface area (Å²) in [6, 6.07) is 47.2. The van der Waals surface area contributed by atoms with Gasteiger partial charge in [0.15, 0.2) is 5.82 Å². The van der Waals surface area contributed by atoms with Gasteiger partial charge in [0.05, 0.1) is 28.1 Å². The molecule has 5 aromatic carbocycles. The summed E-state index contributed by atoms with van der Waals surface area (Å²) in [4.78, 5) is 15.2. The molecule has 0 radical (unpaired) electrons. The maximum absolute atomic E-state index is 6.42. The fourth-order valence-corrected chi connectivity index (χ4v) is 5.95. The fourth-order valence-electron chi connectivity index (χ4n) is 5.95. The van der Waals surface area contributed by atoms with Crippen LogP contribution in [-0.2, 0) is 0 Å². The largest absolute Gasteiger partial charge is 0.437 e. The molecule has 0 aliphatic rings. The third-order valence-corrected chi connectivity index (χ3v) is 7.95. The van der Waals surface area contributed by atoms with Crippen molar-refractivity contribution >= 4 is 39.0 Å². The van der Waals surface area contributed by atoms with Crippen molar-refractivity contribution in [3.63, 3.8) is 0 Å². The highest BCUT2D eigenvalue weighted by Crippen LogP contribution is 2.37. The standard InChI is InChI=1S/C37H23N5O/c1-4-12-24(13-5-1)29-23-30(25-14-6-2-7-15-25)39-35(38-29)26-20-21-32-31(22-26)40-37-41(27-16-8-3-9-17-27)36-34(42(32)37)28-18-10-11-19-33(28)43-36/h1-23H.